The SMILES string of the molecule is CCOC(=O)C1=C(C)NC(=S)NC1c1ccc(OCOc2ccc(C3NC(=S)NC(C)=C3C(=O)OCC)cc2)cc1. The zero-order chi connectivity index (χ0) is 29.5. The Labute approximate surface area is 249 Å². The molecule has 0 spiro atoms. The fourth-order valence-corrected chi connectivity index (χ4v) is 5.07. The molecule has 4 N–H and O–H groups in total. The maximum Gasteiger partial charge on any atom is 0.338 e. The average molecular weight is 597 g/mol. The normalized spacial score (nSPS) is 18.4. The van der Waals surface area contributed by atoms with Crippen LogP contribution >= 0.6 is 24.4 Å². The van der Waals surface area contributed by atoms with Gasteiger partial charge in [0.05, 0.1) is 36.4 Å². The summed E-state index contributed by atoms with van der Waals surface area (Å²) < 4.78 is 22.0. The van der Waals surface area contributed by atoms with E-state index in [1.807, 2.05) is 24.3 Å². The second-order valence-electron chi connectivity index (χ2n) is 9.13. The third-order valence-corrected chi connectivity index (χ3v) is 6.85. The number of hydrogen-bond donors (Lipinski definition) is 4. The zero-order valence-electron chi connectivity index (χ0n) is 23.2. The molecule has 2 unspecified atom stereocenters. The van der Waals surface area contributed by atoms with Gasteiger partial charge in [0.2, 0.25) is 6.79 Å². The van der Waals surface area contributed by atoms with Crippen LogP contribution in [-0.2, 0) is 19.1 Å². The summed E-state index contributed by atoms with van der Waals surface area (Å²) in [6.45, 7) is 7.64. The molecule has 0 saturated carbocycles. The van der Waals surface area contributed by atoms with Gasteiger partial charge in [0.25, 0.3) is 0 Å². The Morgan fingerprint density at radius 1 is 0.683 bits per heavy atom. The molecule has 0 fully saturated rings. The minimum absolute atomic E-state index is 0.0236. The van der Waals surface area contributed by atoms with Gasteiger partial charge in [-0.2, -0.15) is 0 Å². The van der Waals surface area contributed by atoms with E-state index >= 15 is 0 Å². The van der Waals surface area contributed by atoms with Crippen LogP contribution in [0.3, 0.4) is 0 Å². The lowest BCUT2D eigenvalue weighted by atomic mass is 9.95. The van der Waals surface area contributed by atoms with Crippen LogP contribution < -0.4 is 30.7 Å². The van der Waals surface area contributed by atoms with E-state index in [2.05, 4.69) is 21.3 Å². The number of rotatable bonds is 10. The van der Waals surface area contributed by atoms with Crippen LogP contribution in [0.4, 0.5) is 0 Å². The fraction of sp³-hybridized carbons (Fsp3) is 0.310. The third kappa shape index (κ3) is 7.14. The van der Waals surface area contributed by atoms with Crippen molar-refractivity contribution in [3.8, 4) is 11.5 Å². The van der Waals surface area contributed by atoms with Crippen molar-refractivity contribution in [1.29, 1.82) is 0 Å². The van der Waals surface area contributed by atoms with Crippen LogP contribution in [0.5, 0.6) is 11.5 Å². The molecule has 0 radical (unpaired) electrons. The second kappa shape index (κ2) is 13.5. The Balaban J connectivity index is 1.38. The molecular formula is C29H32N4O6S2. The third-order valence-electron chi connectivity index (χ3n) is 6.41. The Morgan fingerprint density at radius 3 is 1.39 bits per heavy atom. The first-order valence-electron chi connectivity index (χ1n) is 13.1. The molecule has 41 heavy (non-hydrogen) atoms. The predicted molar refractivity (Wildman–Crippen MR) is 161 cm³/mol. The number of thiocarbonyl (C=S) groups is 2. The first-order chi connectivity index (χ1) is 19.7. The van der Waals surface area contributed by atoms with E-state index in [-0.39, 0.29) is 20.0 Å². The van der Waals surface area contributed by atoms with Gasteiger partial charge >= 0.3 is 11.9 Å². The van der Waals surface area contributed by atoms with Gasteiger partial charge in [-0.3, -0.25) is 0 Å². The van der Waals surface area contributed by atoms with E-state index in [9.17, 15) is 9.59 Å². The number of hydrogen-bond acceptors (Lipinski definition) is 8. The number of allylic oxidation sites excluding steroid dienone is 2. The zero-order valence-corrected chi connectivity index (χ0v) is 24.8. The number of esters is 2. The number of carbonyl (C=O) groups is 2. The van der Waals surface area contributed by atoms with Crippen molar-refractivity contribution < 1.29 is 28.5 Å². The van der Waals surface area contributed by atoms with Crippen LogP contribution in [0.15, 0.2) is 71.1 Å². The molecule has 10 nitrogen and oxygen atoms in total. The van der Waals surface area contributed by atoms with Gasteiger partial charge in [-0.15, -0.1) is 0 Å². The summed E-state index contributed by atoms with van der Waals surface area (Å²) in [7, 11) is 0. The lowest BCUT2D eigenvalue weighted by molar-refractivity contribution is -0.140. The number of carbonyl (C=O) groups excluding carboxylic acids is 2. The number of nitrogens with one attached hydrogen (secondary N) is 4. The maximum absolute atomic E-state index is 12.6. The fourth-order valence-electron chi connectivity index (χ4n) is 4.53. The molecule has 216 valence electrons. The van der Waals surface area contributed by atoms with Crippen molar-refractivity contribution in [2.75, 3.05) is 20.0 Å². The molecule has 2 aliphatic heterocycles. The highest BCUT2D eigenvalue weighted by Gasteiger charge is 2.32. The summed E-state index contributed by atoms with van der Waals surface area (Å²) in [5.74, 6) is 0.373. The molecule has 2 aliphatic rings. The summed E-state index contributed by atoms with van der Waals surface area (Å²) in [4.78, 5) is 25.1. The molecule has 4 rings (SSSR count). The predicted octanol–water partition coefficient (Wildman–Crippen LogP) is 3.81. The Hall–Kier alpha value is -4.16. The minimum atomic E-state index is -0.446. The molecule has 0 amide bonds. The van der Waals surface area contributed by atoms with E-state index < -0.39 is 24.0 Å². The molecule has 0 aromatic heterocycles. The van der Waals surface area contributed by atoms with Crippen LogP contribution in [0.25, 0.3) is 0 Å². The lowest BCUT2D eigenvalue weighted by Gasteiger charge is -2.30. The molecule has 2 aromatic rings. The topological polar surface area (TPSA) is 119 Å². The van der Waals surface area contributed by atoms with Gasteiger partial charge in [0.1, 0.15) is 11.5 Å². The molecule has 0 bridgehead atoms. The van der Waals surface area contributed by atoms with Crippen LogP contribution in [0, 0.1) is 0 Å². The minimum Gasteiger partial charge on any atom is -0.463 e. The summed E-state index contributed by atoms with van der Waals surface area (Å²) in [5.41, 5.74) is 3.91. The second-order valence-corrected chi connectivity index (χ2v) is 9.94. The van der Waals surface area contributed by atoms with Gasteiger partial charge < -0.3 is 40.2 Å². The lowest BCUT2D eigenvalue weighted by Crippen LogP contribution is -2.45. The van der Waals surface area contributed by atoms with Crippen LogP contribution in [0.1, 0.15) is 50.9 Å². The first-order valence-corrected chi connectivity index (χ1v) is 13.9. The largest absolute Gasteiger partial charge is 0.463 e. The molecule has 12 heteroatoms. The molecule has 0 saturated heterocycles. The van der Waals surface area contributed by atoms with Crippen molar-refractivity contribution in [2.45, 2.75) is 39.8 Å². The summed E-state index contributed by atoms with van der Waals surface area (Å²) in [6.07, 6.45) is 0. The van der Waals surface area contributed by atoms with Crippen LogP contribution in [-0.4, -0.2) is 42.2 Å². The Morgan fingerprint density at radius 2 is 1.05 bits per heavy atom. The Bertz CT molecular complexity index is 1280. The summed E-state index contributed by atoms with van der Waals surface area (Å²) in [6, 6.07) is 13.7. The quantitative estimate of drug-likeness (QED) is 0.181. The van der Waals surface area contributed by atoms with E-state index in [1.165, 1.54) is 0 Å². The molecule has 2 atom stereocenters. The monoisotopic (exact) mass is 596 g/mol. The van der Waals surface area contributed by atoms with E-state index in [4.69, 9.17) is 43.4 Å². The van der Waals surface area contributed by atoms with Crippen molar-refractivity contribution in [2.24, 2.45) is 0 Å². The van der Waals surface area contributed by atoms with Crippen molar-refractivity contribution in [3.05, 3.63) is 82.2 Å². The molecular weight excluding hydrogens is 564 g/mol. The smallest absolute Gasteiger partial charge is 0.338 e. The number of benzene rings is 2. The highest BCUT2D eigenvalue weighted by Crippen LogP contribution is 2.30. The van der Waals surface area contributed by atoms with Crippen molar-refractivity contribution >= 4 is 46.6 Å². The molecule has 0 aliphatic carbocycles. The summed E-state index contributed by atoms with van der Waals surface area (Å²) in [5, 5.41) is 13.1. The maximum atomic E-state index is 12.6. The highest BCUT2D eigenvalue weighted by atomic mass is 32.1. The van der Waals surface area contributed by atoms with Gasteiger partial charge in [-0.25, -0.2) is 9.59 Å². The van der Waals surface area contributed by atoms with Crippen LogP contribution in [0.2, 0.25) is 0 Å². The first kappa shape index (κ1) is 29.8. The van der Waals surface area contributed by atoms with E-state index in [0.29, 0.717) is 44.3 Å². The van der Waals surface area contributed by atoms with Crippen molar-refractivity contribution in [3.63, 3.8) is 0 Å². The molecule has 2 aromatic carbocycles. The molecule has 2 heterocycles. The standard InChI is InChI=1S/C29H32N4O6S2/c1-5-36-26(34)22-16(3)30-28(40)32-24(22)18-7-11-20(12-8-18)38-15-39-21-13-9-19(10-14-21)25-23(27(35)37-6-2)17(4)31-29(41)33-25/h7-14,24-25H,5-6,15H2,1-4H3,(H2,30,32,40)(H2,31,33,41). The van der Waals surface area contributed by atoms with Gasteiger partial charge in [0.15, 0.2) is 10.2 Å². The average Bonchev–Trinajstić information content (AvgIpc) is 2.93. The Kier molecular flexibility index (Phi) is 9.79. The highest BCUT2D eigenvalue weighted by molar-refractivity contribution is 7.80. The van der Waals surface area contributed by atoms with E-state index in [1.54, 1.807) is 52.0 Å². The van der Waals surface area contributed by atoms with Gasteiger partial charge in [0, 0.05) is 11.4 Å². The van der Waals surface area contributed by atoms with E-state index in [0.717, 1.165) is 11.1 Å². The summed E-state index contributed by atoms with van der Waals surface area (Å²) >= 11 is 10.6. The van der Waals surface area contributed by atoms with Crippen molar-refractivity contribution in [1.82, 2.24) is 21.3 Å². The van der Waals surface area contributed by atoms with Gasteiger partial charge in [-0.1, -0.05) is 24.3 Å². The number of ether oxygens (including phenoxy) is 4. The van der Waals surface area contributed by atoms with Gasteiger partial charge in [-0.05, 0) is 87.5 Å².